The monoisotopic (exact) mass is 518 g/mol. The quantitative estimate of drug-likeness (QED) is 0.262. The molecule has 0 bridgehead atoms. The number of hydrogen-bond donors (Lipinski definition) is 0. The van der Waals surface area contributed by atoms with Gasteiger partial charge in [-0.3, -0.25) is 24.2 Å². The molecule has 2 saturated heterocycles. The van der Waals surface area contributed by atoms with Crippen molar-refractivity contribution in [2.75, 3.05) is 65.7 Å². The summed E-state index contributed by atoms with van der Waals surface area (Å²) in [6.45, 7) is 8.98. The molecule has 7 nitrogen and oxygen atoms in total. The molecule has 2 aromatic rings. The zero-order valence-electron chi connectivity index (χ0n) is 22.2. The predicted octanol–water partition coefficient (Wildman–Crippen LogP) is 4.27. The topological polar surface area (TPSA) is 76.2 Å². The van der Waals surface area contributed by atoms with E-state index in [9.17, 15) is 14.4 Å². The van der Waals surface area contributed by atoms with E-state index in [0.717, 1.165) is 103 Å². The van der Waals surface area contributed by atoms with Crippen LogP contribution in [0.1, 0.15) is 75.2 Å². The molecule has 2 aliphatic heterocycles. The van der Waals surface area contributed by atoms with Crippen LogP contribution in [0, 0.1) is 0 Å². The Morgan fingerprint density at radius 1 is 0.605 bits per heavy atom. The van der Waals surface area contributed by atoms with Crippen molar-refractivity contribution in [3.05, 3.63) is 58.7 Å². The number of rotatable bonds is 12. The number of carbonyl (C=O) groups excluding carboxylic acids is 3. The molecule has 0 atom stereocenters. The Morgan fingerprint density at radius 3 is 1.45 bits per heavy atom. The standard InChI is InChI=1S/C31H38N2O5/c34-29(5-1-3-11-32-13-17-37-18-14-32)23-7-9-25-26-10-8-24(22-28(26)31(36)27(25)21-23)30(35)6-2-4-12-33-15-19-38-20-16-33/h7-10,21-22H,1-6,11-20H2. The highest BCUT2D eigenvalue weighted by Gasteiger charge is 2.28. The van der Waals surface area contributed by atoms with E-state index in [0.29, 0.717) is 35.1 Å². The molecule has 0 aromatic heterocycles. The van der Waals surface area contributed by atoms with E-state index in [-0.39, 0.29) is 17.3 Å². The summed E-state index contributed by atoms with van der Waals surface area (Å²) in [6, 6.07) is 10.9. The molecular formula is C31H38N2O5. The molecule has 2 aromatic carbocycles. The molecule has 3 aliphatic rings. The third kappa shape index (κ3) is 6.46. The maximum absolute atomic E-state index is 13.3. The number of ether oxygens (including phenoxy) is 2. The number of unbranched alkanes of at least 4 members (excludes halogenated alkanes) is 2. The van der Waals surface area contributed by atoms with Crippen molar-refractivity contribution in [1.29, 1.82) is 0 Å². The Morgan fingerprint density at radius 2 is 1.03 bits per heavy atom. The molecule has 0 saturated carbocycles. The van der Waals surface area contributed by atoms with E-state index < -0.39 is 0 Å². The molecule has 7 heteroatoms. The van der Waals surface area contributed by atoms with Crippen LogP contribution in [0.2, 0.25) is 0 Å². The van der Waals surface area contributed by atoms with E-state index in [1.807, 2.05) is 24.3 Å². The molecule has 5 rings (SSSR count). The Hall–Kier alpha value is -2.71. The third-order valence-corrected chi connectivity index (χ3v) is 7.93. The molecule has 1 aliphatic carbocycles. The van der Waals surface area contributed by atoms with Gasteiger partial charge in [-0.15, -0.1) is 0 Å². The van der Waals surface area contributed by atoms with Gasteiger partial charge in [0.25, 0.3) is 0 Å². The van der Waals surface area contributed by atoms with Crippen molar-refractivity contribution in [2.45, 2.75) is 38.5 Å². The van der Waals surface area contributed by atoms with Gasteiger partial charge in [-0.05, 0) is 62.0 Å². The van der Waals surface area contributed by atoms with Crippen LogP contribution in [-0.4, -0.2) is 92.8 Å². The van der Waals surface area contributed by atoms with Crippen molar-refractivity contribution >= 4 is 17.3 Å². The summed E-state index contributed by atoms with van der Waals surface area (Å²) in [4.78, 5) is 43.7. The van der Waals surface area contributed by atoms with Gasteiger partial charge in [-0.25, -0.2) is 0 Å². The minimum atomic E-state index is -0.0982. The largest absolute Gasteiger partial charge is 0.379 e. The average molecular weight is 519 g/mol. The molecule has 2 heterocycles. The first-order valence-electron chi connectivity index (χ1n) is 14.1. The van der Waals surface area contributed by atoms with Gasteiger partial charge in [-0.2, -0.15) is 0 Å². The first kappa shape index (κ1) is 26.9. The fraction of sp³-hybridized carbons (Fsp3) is 0.516. The second-order valence-electron chi connectivity index (χ2n) is 10.5. The first-order valence-corrected chi connectivity index (χ1v) is 14.1. The zero-order valence-corrected chi connectivity index (χ0v) is 22.2. The predicted molar refractivity (Wildman–Crippen MR) is 146 cm³/mol. The Kier molecular flexibility index (Phi) is 9.12. The van der Waals surface area contributed by atoms with E-state index in [1.165, 1.54) is 0 Å². The van der Waals surface area contributed by atoms with Gasteiger partial charge in [0.15, 0.2) is 17.3 Å². The summed E-state index contributed by atoms with van der Waals surface area (Å²) in [6.07, 6.45) is 4.58. The molecule has 0 radical (unpaired) electrons. The van der Waals surface area contributed by atoms with Gasteiger partial charge < -0.3 is 9.47 Å². The molecule has 0 unspecified atom stereocenters. The second kappa shape index (κ2) is 12.9. The molecule has 0 amide bonds. The molecular weight excluding hydrogens is 480 g/mol. The highest BCUT2D eigenvalue weighted by Crippen LogP contribution is 2.38. The summed E-state index contributed by atoms with van der Waals surface area (Å²) in [5.41, 5.74) is 4.00. The van der Waals surface area contributed by atoms with Crippen LogP contribution in [0.3, 0.4) is 0 Å². The zero-order chi connectivity index (χ0) is 26.3. The summed E-state index contributed by atoms with van der Waals surface area (Å²) in [5.74, 6) is 0.0527. The van der Waals surface area contributed by atoms with E-state index in [1.54, 1.807) is 12.1 Å². The lowest BCUT2D eigenvalue weighted by molar-refractivity contribution is 0.0370. The van der Waals surface area contributed by atoms with Crippen molar-refractivity contribution in [2.24, 2.45) is 0 Å². The Labute approximate surface area is 225 Å². The average Bonchev–Trinajstić information content (AvgIpc) is 3.25. The summed E-state index contributed by atoms with van der Waals surface area (Å²) in [7, 11) is 0. The maximum atomic E-state index is 13.3. The van der Waals surface area contributed by atoms with Crippen LogP contribution < -0.4 is 0 Å². The van der Waals surface area contributed by atoms with E-state index >= 15 is 0 Å². The number of hydrogen-bond acceptors (Lipinski definition) is 7. The van der Waals surface area contributed by atoms with Gasteiger partial charge in [-0.1, -0.05) is 24.3 Å². The molecule has 0 N–H and O–H groups in total. The molecule has 0 spiro atoms. The number of fused-ring (bicyclic) bond motifs is 3. The Bertz CT molecular complexity index is 1080. The SMILES string of the molecule is O=C(CCCCN1CCOCC1)c1ccc2c(c1)C(=O)c1cc(C(=O)CCCCN3CCOCC3)ccc1-2. The van der Waals surface area contributed by atoms with Gasteiger partial charge in [0.05, 0.1) is 26.4 Å². The molecule has 202 valence electrons. The smallest absolute Gasteiger partial charge is 0.194 e. The number of ketones is 3. The number of nitrogens with zero attached hydrogens (tertiary/aromatic N) is 2. The summed E-state index contributed by atoms with van der Waals surface area (Å²) < 4.78 is 10.8. The van der Waals surface area contributed by atoms with Crippen LogP contribution in [-0.2, 0) is 9.47 Å². The van der Waals surface area contributed by atoms with Crippen LogP contribution in [0.5, 0.6) is 0 Å². The summed E-state index contributed by atoms with van der Waals surface area (Å²) in [5, 5.41) is 0. The van der Waals surface area contributed by atoms with Crippen LogP contribution in [0.4, 0.5) is 0 Å². The van der Waals surface area contributed by atoms with E-state index in [4.69, 9.17) is 9.47 Å². The third-order valence-electron chi connectivity index (χ3n) is 7.93. The summed E-state index contributed by atoms with van der Waals surface area (Å²) >= 11 is 0. The van der Waals surface area contributed by atoms with Crippen LogP contribution in [0.25, 0.3) is 11.1 Å². The lowest BCUT2D eigenvalue weighted by Crippen LogP contribution is -2.36. The van der Waals surface area contributed by atoms with Crippen LogP contribution in [0.15, 0.2) is 36.4 Å². The van der Waals surface area contributed by atoms with Crippen LogP contribution >= 0.6 is 0 Å². The number of Topliss-reactive ketones (excluding diaryl/α,β-unsaturated/α-hetero) is 2. The van der Waals surface area contributed by atoms with E-state index in [2.05, 4.69) is 9.80 Å². The first-order chi connectivity index (χ1) is 18.6. The fourth-order valence-electron chi connectivity index (χ4n) is 5.61. The van der Waals surface area contributed by atoms with Crippen molar-refractivity contribution in [3.8, 4) is 11.1 Å². The highest BCUT2D eigenvalue weighted by atomic mass is 16.5. The normalized spacial score (nSPS) is 17.8. The number of morpholine rings is 2. The minimum absolute atomic E-state index is 0.0754. The number of benzene rings is 2. The Balaban J connectivity index is 1.14. The second-order valence-corrected chi connectivity index (χ2v) is 10.5. The maximum Gasteiger partial charge on any atom is 0.194 e. The lowest BCUT2D eigenvalue weighted by atomic mass is 9.98. The van der Waals surface area contributed by atoms with Crippen molar-refractivity contribution < 1.29 is 23.9 Å². The van der Waals surface area contributed by atoms with Gasteiger partial charge >= 0.3 is 0 Å². The highest BCUT2D eigenvalue weighted by molar-refractivity contribution is 6.23. The van der Waals surface area contributed by atoms with Crippen molar-refractivity contribution in [1.82, 2.24) is 9.80 Å². The van der Waals surface area contributed by atoms with Gasteiger partial charge in [0.2, 0.25) is 0 Å². The van der Waals surface area contributed by atoms with Gasteiger partial charge in [0, 0.05) is 61.3 Å². The fourth-order valence-corrected chi connectivity index (χ4v) is 5.61. The van der Waals surface area contributed by atoms with Gasteiger partial charge in [0.1, 0.15) is 0 Å². The number of carbonyl (C=O) groups is 3. The van der Waals surface area contributed by atoms with Crippen molar-refractivity contribution in [3.63, 3.8) is 0 Å². The molecule has 38 heavy (non-hydrogen) atoms. The molecule has 2 fully saturated rings. The lowest BCUT2D eigenvalue weighted by Gasteiger charge is -2.26. The minimum Gasteiger partial charge on any atom is -0.379 e.